The van der Waals surface area contributed by atoms with Crippen LogP contribution in [0.25, 0.3) is 0 Å². The van der Waals surface area contributed by atoms with Gasteiger partial charge in [0, 0.05) is 18.3 Å². The Kier molecular flexibility index (Phi) is 6.99. The number of nitrogens with zero attached hydrogens (tertiary/aromatic N) is 1. The summed E-state index contributed by atoms with van der Waals surface area (Å²) in [6.07, 6.45) is 0. The van der Waals surface area contributed by atoms with Gasteiger partial charge in [-0.1, -0.05) is 17.7 Å². The van der Waals surface area contributed by atoms with Crippen molar-refractivity contribution in [2.75, 3.05) is 23.3 Å². The van der Waals surface area contributed by atoms with E-state index in [1.165, 1.54) is 37.4 Å². The summed E-state index contributed by atoms with van der Waals surface area (Å²) in [5, 5.41) is 4.60. The van der Waals surface area contributed by atoms with Crippen LogP contribution in [-0.2, 0) is 14.8 Å². The van der Waals surface area contributed by atoms with Gasteiger partial charge in [0.2, 0.25) is 0 Å². The Morgan fingerprint density at radius 3 is 2.45 bits per heavy atom. The number of hydrogen-bond donors (Lipinski definition) is 1. The molecule has 0 unspecified atom stereocenters. The first-order valence-electron chi connectivity index (χ1n) is 9.14. The van der Waals surface area contributed by atoms with E-state index in [0.29, 0.717) is 16.9 Å². The molecule has 7 nitrogen and oxygen atoms in total. The molecule has 0 saturated carbocycles. The van der Waals surface area contributed by atoms with Gasteiger partial charge in [0.05, 0.1) is 22.9 Å². The van der Waals surface area contributed by atoms with Crippen LogP contribution in [0.2, 0.25) is 5.02 Å². The quantitative estimate of drug-likeness (QED) is 0.499. The number of ether oxygens (including phenoxy) is 1. The van der Waals surface area contributed by atoms with Gasteiger partial charge in [-0.2, -0.15) is 0 Å². The lowest BCUT2D eigenvalue weighted by Gasteiger charge is -2.18. The van der Waals surface area contributed by atoms with Crippen LogP contribution in [0.1, 0.15) is 27.6 Å². The number of hydrogen-bond acceptors (Lipinski definition) is 6. The number of halogens is 1. The second kappa shape index (κ2) is 9.51. The molecular weight excluding hydrogens is 460 g/mol. The second-order valence-electron chi connectivity index (χ2n) is 6.32. The van der Waals surface area contributed by atoms with Crippen LogP contribution in [0.15, 0.2) is 64.2 Å². The zero-order valence-electron chi connectivity index (χ0n) is 16.7. The van der Waals surface area contributed by atoms with Gasteiger partial charge < -0.3 is 10.1 Å². The summed E-state index contributed by atoms with van der Waals surface area (Å²) in [5.74, 6) is -1.00. The molecule has 1 amide bonds. The standard InChI is InChI=1S/C21H19ClN2O5S2/c1-3-29-21(26)17-13-15(8-11-18(17)22)23-20(25)14-6-9-16(10-7-14)24(2)31(27,28)19-5-4-12-30-19/h4-13H,3H2,1-2H3,(H,23,25). The monoisotopic (exact) mass is 478 g/mol. The fourth-order valence-corrected chi connectivity index (χ4v) is 5.23. The van der Waals surface area contributed by atoms with Gasteiger partial charge >= 0.3 is 5.97 Å². The minimum Gasteiger partial charge on any atom is -0.462 e. The van der Waals surface area contributed by atoms with Crippen molar-refractivity contribution in [1.29, 1.82) is 0 Å². The average Bonchev–Trinajstić information content (AvgIpc) is 3.30. The Labute approximate surface area is 189 Å². The lowest BCUT2D eigenvalue weighted by molar-refractivity contribution is 0.0526. The van der Waals surface area contributed by atoms with Gasteiger partial charge in [0.1, 0.15) is 4.21 Å². The van der Waals surface area contributed by atoms with E-state index in [2.05, 4.69) is 5.32 Å². The number of carbonyl (C=O) groups excluding carboxylic acids is 2. The highest BCUT2D eigenvalue weighted by Gasteiger charge is 2.22. The molecule has 0 aliphatic rings. The number of sulfonamides is 1. The second-order valence-corrected chi connectivity index (χ2v) is 9.87. The summed E-state index contributed by atoms with van der Waals surface area (Å²) in [6, 6.07) is 13.8. The highest BCUT2D eigenvalue weighted by molar-refractivity contribution is 7.94. The third kappa shape index (κ3) is 5.07. The third-order valence-electron chi connectivity index (χ3n) is 4.32. The van der Waals surface area contributed by atoms with Crippen molar-refractivity contribution in [3.8, 4) is 0 Å². The van der Waals surface area contributed by atoms with Crippen LogP contribution >= 0.6 is 22.9 Å². The molecular formula is C21H19ClN2O5S2. The van der Waals surface area contributed by atoms with Crippen molar-refractivity contribution < 1.29 is 22.7 Å². The maximum Gasteiger partial charge on any atom is 0.339 e. The third-order valence-corrected chi connectivity index (χ3v) is 7.81. The average molecular weight is 479 g/mol. The Morgan fingerprint density at radius 1 is 1.13 bits per heavy atom. The largest absolute Gasteiger partial charge is 0.462 e. The Morgan fingerprint density at radius 2 is 1.84 bits per heavy atom. The molecule has 10 heteroatoms. The van der Waals surface area contributed by atoms with Gasteiger partial charge in [-0.15, -0.1) is 11.3 Å². The van der Waals surface area contributed by atoms with Crippen molar-refractivity contribution in [3.05, 3.63) is 76.1 Å². The van der Waals surface area contributed by atoms with Gasteiger partial charge in [-0.25, -0.2) is 13.2 Å². The molecule has 0 bridgehead atoms. The molecule has 1 heterocycles. The van der Waals surface area contributed by atoms with Crippen molar-refractivity contribution in [2.45, 2.75) is 11.1 Å². The highest BCUT2D eigenvalue weighted by atomic mass is 35.5. The first kappa shape index (κ1) is 22.8. The smallest absolute Gasteiger partial charge is 0.339 e. The van der Waals surface area contributed by atoms with Crippen LogP contribution in [0.5, 0.6) is 0 Å². The first-order chi connectivity index (χ1) is 14.7. The Hall–Kier alpha value is -2.88. The minimum atomic E-state index is -3.66. The lowest BCUT2D eigenvalue weighted by atomic mass is 10.1. The summed E-state index contributed by atoms with van der Waals surface area (Å²) in [7, 11) is -2.20. The predicted molar refractivity (Wildman–Crippen MR) is 122 cm³/mol. The highest BCUT2D eigenvalue weighted by Crippen LogP contribution is 2.26. The van der Waals surface area contributed by atoms with E-state index >= 15 is 0 Å². The molecule has 3 rings (SSSR count). The van der Waals surface area contributed by atoms with E-state index in [1.807, 2.05) is 0 Å². The number of amides is 1. The van der Waals surface area contributed by atoms with Gasteiger partial charge in [-0.3, -0.25) is 9.10 Å². The minimum absolute atomic E-state index is 0.150. The molecule has 0 spiro atoms. The summed E-state index contributed by atoms with van der Waals surface area (Å²) in [6.45, 7) is 1.89. The van der Waals surface area contributed by atoms with Crippen LogP contribution in [-0.4, -0.2) is 33.9 Å². The van der Waals surface area contributed by atoms with Gasteiger partial charge in [-0.05, 0) is 60.8 Å². The Bertz CT molecular complexity index is 1190. The molecule has 1 aromatic heterocycles. The SMILES string of the molecule is CCOC(=O)c1cc(NC(=O)c2ccc(N(C)S(=O)(=O)c3cccs3)cc2)ccc1Cl. The number of benzene rings is 2. The molecule has 31 heavy (non-hydrogen) atoms. The number of thiophene rings is 1. The first-order valence-corrected chi connectivity index (χ1v) is 11.8. The van der Waals surface area contributed by atoms with Crippen molar-refractivity contribution in [3.63, 3.8) is 0 Å². The fourth-order valence-electron chi connectivity index (χ4n) is 2.68. The summed E-state index contributed by atoms with van der Waals surface area (Å²) < 4.78 is 31.6. The number of esters is 1. The number of nitrogens with one attached hydrogen (secondary N) is 1. The van der Waals surface area contributed by atoms with Gasteiger partial charge in [0.25, 0.3) is 15.9 Å². The number of carbonyl (C=O) groups is 2. The molecule has 0 radical (unpaired) electrons. The zero-order valence-corrected chi connectivity index (χ0v) is 19.1. The van der Waals surface area contributed by atoms with Crippen molar-refractivity contribution >= 4 is 56.2 Å². The van der Waals surface area contributed by atoms with Crippen LogP contribution in [0.3, 0.4) is 0 Å². The summed E-state index contributed by atoms with van der Waals surface area (Å²) in [5.41, 5.74) is 1.26. The molecule has 0 fully saturated rings. The fraction of sp³-hybridized carbons (Fsp3) is 0.143. The van der Waals surface area contributed by atoms with Crippen LogP contribution in [0, 0.1) is 0 Å². The molecule has 0 atom stereocenters. The van der Waals surface area contributed by atoms with Crippen LogP contribution in [0.4, 0.5) is 11.4 Å². The summed E-state index contributed by atoms with van der Waals surface area (Å²) >= 11 is 7.17. The molecule has 0 saturated heterocycles. The normalized spacial score (nSPS) is 11.1. The Balaban J connectivity index is 1.75. The van der Waals surface area contributed by atoms with Gasteiger partial charge in [0.15, 0.2) is 0 Å². The van der Waals surface area contributed by atoms with E-state index in [0.717, 1.165) is 15.6 Å². The molecule has 162 valence electrons. The number of anilines is 2. The molecule has 1 N–H and O–H groups in total. The lowest BCUT2D eigenvalue weighted by Crippen LogP contribution is -2.25. The van der Waals surface area contributed by atoms with Crippen LogP contribution < -0.4 is 9.62 Å². The molecule has 3 aromatic rings. The van der Waals surface area contributed by atoms with E-state index in [-0.39, 0.29) is 21.4 Å². The maximum atomic E-state index is 12.6. The maximum absolute atomic E-state index is 12.6. The van der Waals surface area contributed by atoms with E-state index in [9.17, 15) is 18.0 Å². The number of rotatable bonds is 7. The molecule has 0 aliphatic carbocycles. The predicted octanol–water partition coefficient (Wildman–Crippen LogP) is 4.66. The topological polar surface area (TPSA) is 92.8 Å². The van der Waals surface area contributed by atoms with Crippen molar-refractivity contribution in [2.24, 2.45) is 0 Å². The summed E-state index contributed by atoms with van der Waals surface area (Å²) in [4.78, 5) is 24.5. The van der Waals surface area contributed by atoms with E-state index < -0.39 is 21.9 Å². The van der Waals surface area contributed by atoms with Crippen molar-refractivity contribution in [1.82, 2.24) is 0 Å². The molecule has 0 aliphatic heterocycles. The van der Waals surface area contributed by atoms with E-state index in [4.69, 9.17) is 16.3 Å². The molecule has 2 aromatic carbocycles. The van der Waals surface area contributed by atoms with E-state index in [1.54, 1.807) is 36.6 Å². The zero-order chi connectivity index (χ0) is 22.6.